The Morgan fingerprint density at radius 1 is 1.24 bits per heavy atom. The standard InChI is InChI=1S/C14H22ClNS/c1-4-10(3)17-14(13(16)5-2)11-8-6-7-9-12(11)15/h6-10,13-14H,4-5,16H2,1-3H3. The number of benzene rings is 1. The molecule has 3 atom stereocenters. The number of thioether (sulfide) groups is 1. The molecule has 1 aromatic carbocycles. The summed E-state index contributed by atoms with van der Waals surface area (Å²) in [5, 5.41) is 1.73. The Morgan fingerprint density at radius 2 is 1.88 bits per heavy atom. The molecule has 0 aliphatic carbocycles. The maximum Gasteiger partial charge on any atom is 0.0465 e. The summed E-state index contributed by atoms with van der Waals surface area (Å²) in [6.45, 7) is 6.58. The molecular formula is C14H22ClNS. The molecule has 0 aliphatic rings. The fourth-order valence-corrected chi connectivity index (χ4v) is 3.43. The van der Waals surface area contributed by atoms with Crippen LogP contribution >= 0.6 is 23.4 Å². The van der Waals surface area contributed by atoms with E-state index in [4.69, 9.17) is 17.3 Å². The van der Waals surface area contributed by atoms with Crippen molar-refractivity contribution in [3.05, 3.63) is 34.9 Å². The Kier molecular flexibility index (Phi) is 6.39. The van der Waals surface area contributed by atoms with Crippen LogP contribution < -0.4 is 5.73 Å². The average molecular weight is 272 g/mol. The quantitative estimate of drug-likeness (QED) is 0.815. The van der Waals surface area contributed by atoms with Gasteiger partial charge in [-0.05, 0) is 24.5 Å². The first-order valence-corrected chi connectivity index (χ1v) is 7.57. The van der Waals surface area contributed by atoms with Gasteiger partial charge in [0.25, 0.3) is 0 Å². The normalized spacial score (nSPS) is 16.5. The van der Waals surface area contributed by atoms with Crippen LogP contribution in [-0.2, 0) is 0 Å². The lowest BCUT2D eigenvalue weighted by Gasteiger charge is -2.26. The second-order valence-electron chi connectivity index (χ2n) is 4.37. The van der Waals surface area contributed by atoms with Crippen LogP contribution in [0.25, 0.3) is 0 Å². The van der Waals surface area contributed by atoms with Gasteiger partial charge in [-0.15, -0.1) is 11.8 Å². The van der Waals surface area contributed by atoms with Gasteiger partial charge >= 0.3 is 0 Å². The highest BCUT2D eigenvalue weighted by Crippen LogP contribution is 2.39. The summed E-state index contributed by atoms with van der Waals surface area (Å²) in [7, 11) is 0. The van der Waals surface area contributed by atoms with Crippen LogP contribution in [0.1, 0.15) is 44.4 Å². The van der Waals surface area contributed by atoms with E-state index in [-0.39, 0.29) is 6.04 Å². The van der Waals surface area contributed by atoms with Crippen molar-refractivity contribution in [2.24, 2.45) is 5.73 Å². The van der Waals surface area contributed by atoms with Gasteiger partial charge in [0.15, 0.2) is 0 Å². The second kappa shape index (κ2) is 7.30. The first-order chi connectivity index (χ1) is 8.10. The van der Waals surface area contributed by atoms with Crippen LogP contribution in [-0.4, -0.2) is 11.3 Å². The van der Waals surface area contributed by atoms with Crippen molar-refractivity contribution < 1.29 is 0 Å². The SMILES string of the molecule is CCC(C)SC(c1ccccc1Cl)C(N)CC. The summed E-state index contributed by atoms with van der Waals surface area (Å²) in [5.74, 6) is 0. The number of halogens is 1. The second-order valence-corrected chi connectivity index (χ2v) is 6.36. The first kappa shape index (κ1) is 14.9. The molecule has 96 valence electrons. The molecule has 0 radical (unpaired) electrons. The number of hydrogen-bond acceptors (Lipinski definition) is 2. The minimum absolute atomic E-state index is 0.161. The van der Waals surface area contributed by atoms with Crippen molar-refractivity contribution in [3.8, 4) is 0 Å². The number of nitrogens with two attached hydrogens (primary N) is 1. The van der Waals surface area contributed by atoms with Gasteiger partial charge in [0, 0.05) is 21.6 Å². The van der Waals surface area contributed by atoms with Gasteiger partial charge in [0.1, 0.15) is 0 Å². The van der Waals surface area contributed by atoms with Gasteiger partial charge in [-0.3, -0.25) is 0 Å². The Bertz CT molecular complexity index is 343. The van der Waals surface area contributed by atoms with Gasteiger partial charge in [0.2, 0.25) is 0 Å². The highest BCUT2D eigenvalue weighted by Gasteiger charge is 2.22. The minimum Gasteiger partial charge on any atom is -0.326 e. The Balaban J connectivity index is 2.94. The van der Waals surface area contributed by atoms with Crippen LogP contribution in [0.2, 0.25) is 5.02 Å². The van der Waals surface area contributed by atoms with Crippen LogP contribution in [0.3, 0.4) is 0 Å². The minimum atomic E-state index is 0.161. The molecule has 3 heteroatoms. The van der Waals surface area contributed by atoms with Crippen molar-refractivity contribution in [1.29, 1.82) is 0 Å². The molecule has 1 rings (SSSR count). The van der Waals surface area contributed by atoms with E-state index in [1.54, 1.807) is 0 Å². The zero-order chi connectivity index (χ0) is 12.8. The fraction of sp³-hybridized carbons (Fsp3) is 0.571. The summed E-state index contributed by atoms with van der Waals surface area (Å²) in [6, 6.07) is 8.21. The highest BCUT2D eigenvalue weighted by molar-refractivity contribution is 8.00. The van der Waals surface area contributed by atoms with Crippen molar-refractivity contribution in [2.45, 2.75) is 50.2 Å². The first-order valence-electron chi connectivity index (χ1n) is 6.25. The van der Waals surface area contributed by atoms with Crippen molar-refractivity contribution in [3.63, 3.8) is 0 Å². The molecule has 17 heavy (non-hydrogen) atoms. The van der Waals surface area contributed by atoms with Gasteiger partial charge in [-0.1, -0.05) is 50.6 Å². The predicted molar refractivity (Wildman–Crippen MR) is 79.8 cm³/mol. The van der Waals surface area contributed by atoms with E-state index in [2.05, 4.69) is 26.8 Å². The summed E-state index contributed by atoms with van der Waals surface area (Å²) >= 11 is 8.21. The van der Waals surface area contributed by atoms with Crippen LogP contribution in [0.5, 0.6) is 0 Å². The molecule has 2 N–H and O–H groups in total. The third kappa shape index (κ3) is 4.20. The molecule has 0 amide bonds. The third-order valence-corrected chi connectivity index (χ3v) is 5.06. The van der Waals surface area contributed by atoms with E-state index in [9.17, 15) is 0 Å². The van der Waals surface area contributed by atoms with E-state index < -0.39 is 0 Å². The lowest BCUT2D eigenvalue weighted by molar-refractivity contribution is 0.631. The van der Waals surface area contributed by atoms with Gasteiger partial charge < -0.3 is 5.73 Å². The van der Waals surface area contributed by atoms with Gasteiger partial charge in [-0.2, -0.15) is 0 Å². The summed E-state index contributed by atoms with van der Waals surface area (Å²) in [5.41, 5.74) is 7.42. The maximum atomic E-state index is 6.28. The molecular weight excluding hydrogens is 250 g/mol. The highest BCUT2D eigenvalue weighted by atomic mass is 35.5. The topological polar surface area (TPSA) is 26.0 Å². The smallest absolute Gasteiger partial charge is 0.0465 e. The number of hydrogen-bond donors (Lipinski definition) is 1. The van der Waals surface area contributed by atoms with Gasteiger partial charge in [0.05, 0.1) is 0 Å². The molecule has 0 spiro atoms. The summed E-state index contributed by atoms with van der Waals surface area (Å²) in [4.78, 5) is 0. The zero-order valence-corrected chi connectivity index (χ0v) is 12.4. The molecule has 0 fully saturated rings. The fourth-order valence-electron chi connectivity index (χ4n) is 1.67. The van der Waals surface area contributed by atoms with Crippen LogP contribution in [0.15, 0.2) is 24.3 Å². The molecule has 0 saturated carbocycles. The average Bonchev–Trinajstić information content (AvgIpc) is 2.35. The van der Waals surface area contributed by atoms with E-state index in [0.29, 0.717) is 10.5 Å². The third-order valence-electron chi connectivity index (χ3n) is 3.03. The van der Waals surface area contributed by atoms with Crippen LogP contribution in [0, 0.1) is 0 Å². The number of rotatable bonds is 6. The summed E-state index contributed by atoms with van der Waals surface area (Å²) in [6.07, 6.45) is 2.13. The van der Waals surface area contributed by atoms with Gasteiger partial charge in [-0.25, -0.2) is 0 Å². The van der Waals surface area contributed by atoms with Crippen molar-refractivity contribution in [2.75, 3.05) is 0 Å². The Hall–Kier alpha value is -0.180. The van der Waals surface area contributed by atoms with Crippen molar-refractivity contribution in [1.82, 2.24) is 0 Å². The lowest BCUT2D eigenvalue weighted by Crippen LogP contribution is -2.27. The summed E-state index contributed by atoms with van der Waals surface area (Å²) < 4.78 is 0. The molecule has 1 aromatic rings. The molecule has 0 saturated heterocycles. The lowest BCUT2D eigenvalue weighted by atomic mass is 10.0. The maximum absolute atomic E-state index is 6.28. The molecule has 3 unspecified atom stereocenters. The Morgan fingerprint density at radius 3 is 2.41 bits per heavy atom. The van der Waals surface area contributed by atoms with E-state index in [1.807, 2.05) is 30.0 Å². The molecule has 0 bridgehead atoms. The van der Waals surface area contributed by atoms with E-state index in [1.165, 1.54) is 5.56 Å². The largest absolute Gasteiger partial charge is 0.326 e. The van der Waals surface area contributed by atoms with Crippen molar-refractivity contribution >= 4 is 23.4 Å². The monoisotopic (exact) mass is 271 g/mol. The van der Waals surface area contributed by atoms with Crippen LogP contribution in [0.4, 0.5) is 0 Å². The van der Waals surface area contributed by atoms with E-state index in [0.717, 1.165) is 17.9 Å². The molecule has 0 heterocycles. The molecule has 0 aliphatic heterocycles. The molecule has 1 nitrogen and oxygen atoms in total. The zero-order valence-electron chi connectivity index (χ0n) is 10.8. The predicted octanol–water partition coefficient (Wildman–Crippen LogP) is 4.65. The molecule has 0 aromatic heterocycles. The van der Waals surface area contributed by atoms with E-state index >= 15 is 0 Å². The Labute approximate surface area is 114 Å².